The number of aromatic nitrogens is 1. The van der Waals surface area contributed by atoms with Crippen LogP contribution in [0.15, 0.2) is 17.4 Å². The van der Waals surface area contributed by atoms with E-state index in [0.29, 0.717) is 22.5 Å². The van der Waals surface area contributed by atoms with Crippen LogP contribution in [0.4, 0.5) is 5.82 Å². The fraction of sp³-hybridized carbons (Fsp3) is 0.600. The maximum absolute atomic E-state index is 8.87. The molecule has 2 rings (SSSR count). The lowest BCUT2D eigenvalue weighted by Gasteiger charge is -2.32. The van der Waals surface area contributed by atoms with Crippen LogP contribution >= 0.6 is 11.6 Å². The molecule has 0 radical (unpaired) electrons. The Labute approximate surface area is 130 Å². The summed E-state index contributed by atoms with van der Waals surface area (Å²) in [6.07, 6.45) is 6.49. The topological polar surface area (TPSA) is 74.7 Å². The molecule has 1 heterocycles. The monoisotopic (exact) mass is 310 g/mol. The summed E-state index contributed by atoms with van der Waals surface area (Å²) in [6, 6.07) is 2.14. The Kier molecular flexibility index (Phi) is 5.28. The highest BCUT2D eigenvalue weighted by Crippen LogP contribution is 2.33. The normalized spacial score (nSPS) is 16.7. The Bertz CT molecular complexity index is 512. The number of rotatable bonds is 5. The zero-order valence-electron chi connectivity index (χ0n) is 12.6. The van der Waals surface area contributed by atoms with Crippen LogP contribution in [0.2, 0.25) is 5.02 Å². The van der Waals surface area contributed by atoms with Gasteiger partial charge in [0.25, 0.3) is 0 Å². The van der Waals surface area contributed by atoms with Crippen molar-refractivity contribution in [3.8, 4) is 0 Å². The third-order valence-electron chi connectivity index (χ3n) is 3.85. The number of hydrogen-bond acceptors (Lipinski definition) is 4. The van der Waals surface area contributed by atoms with Gasteiger partial charge >= 0.3 is 0 Å². The zero-order valence-corrected chi connectivity index (χ0v) is 13.3. The highest BCUT2D eigenvalue weighted by Gasteiger charge is 2.27. The molecule has 21 heavy (non-hydrogen) atoms. The van der Waals surface area contributed by atoms with Gasteiger partial charge < -0.3 is 15.8 Å². The van der Waals surface area contributed by atoms with Gasteiger partial charge in [0, 0.05) is 24.3 Å². The molecular weight excluding hydrogens is 288 g/mol. The van der Waals surface area contributed by atoms with Gasteiger partial charge in [-0.1, -0.05) is 43.4 Å². The third-order valence-corrected chi connectivity index (χ3v) is 4.23. The van der Waals surface area contributed by atoms with Crippen LogP contribution in [0.5, 0.6) is 0 Å². The molecule has 3 N–H and O–H groups in total. The van der Waals surface area contributed by atoms with Crippen molar-refractivity contribution in [2.75, 3.05) is 11.4 Å². The van der Waals surface area contributed by atoms with Gasteiger partial charge in [0.2, 0.25) is 0 Å². The summed E-state index contributed by atoms with van der Waals surface area (Å²) in [5, 5.41) is 12.4. The maximum Gasteiger partial charge on any atom is 0.171 e. The van der Waals surface area contributed by atoms with Crippen molar-refractivity contribution in [3.63, 3.8) is 0 Å². The SMILES string of the molecule is CC(C)CN(c1nccc(/C(N)=N/O)c1Cl)C1CCCC1. The van der Waals surface area contributed by atoms with Crippen molar-refractivity contribution in [1.29, 1.82) is 0 Å². The van der Waals surface area contributed by atoms with E-state index in [9.17, 15) is 0 Å². The minimum absolute atomic E-state index is 0.0135. The van der Waals surface area contributed by atoms with Gasteiger partial charge in [0.1, 0.15) is 5.82 Å². The molecule has 0 saturated heterocycles. The van der Waals surface area contributed by atoms with Crippen LogP contribution < -0.4 is 10.6 Å². The summed E-state index contributed by atoms with van der Waals surface area (Å²) in [4.78, 5) is 6.74. The fourth-order valence-corrected chi connectivity index (χ4v) is 3.22. The summed E-state index contributed by atoms with van der Waals surface area (Å²) in [5.41, 5.74) is 6.21. The molecule has 0 spiro atoms. The lowest BCUT2D eigenvalue weighted by Crippen LogP contribution is -2.37. The number of halogens is 1. The molecule has 1 aliphatic carbocycles. The van der Waals surface area contributed by atoms with E-state index in [0.717, 1.165) is 12.4 Å². The molecule has 1 aromatic heterocycles. The number of hydrogen-bond donors (Lipinski definition) is 2. The Morgan fingerprint density at radius 2 is 2.19 bits per heavy atom. The van der Waals surface area contributed by atoms with Gasteiger partial charge in [0.05, 0.1) is 5.02 Å². The van der Waals surface area contributed by atoms with E-state index in [4.69, 9.17) is 22.5 Å². The van der Waals surface area contributed by atoms with Crippen molar-refractivity contribution in [2.45, 2.75) is 45.6 Å². The standard InChI is InChI=1S/C15H23ClN4O/c1-10(2)9-20(11-5-3-4-6-11)15-13(16)12(7-8-18-15)14(17)19-21/h7-8,10-11,21H,3-6,9H2,1-2H3,(H2,17,19). The first kappa shape index (κ1) is 15.9. The van der Waals surface area contributed by atoms with E-state index < -0.39 is 0 Å². The predicted molar refractivity (Wildman–Crippen MR) is 86.2 cm³/mol. The summed E-state index contributed by atoms with van der Waals surface area (Å²) in [7, 11) is 0. The van der Waals surface area contributed by atoms with E-state index >= 15 is 0 Å². The molecule has 6 heteroatoms. The molecule has 1 aliphatic rings. The van der Waals surface area contributed by atoms with Crippen LogP contribution in [0.25, 0.3) is 0 Å². The Hall–Kier alpha value is -1.49. The highest BCUT2D eigenvalue weighted by atomic mass is 35.5. The smallest absolute Gasteiger partial charge is 0.171 e. The molecule has 0 bridgehead atoms. The summed E-state index contributed by atoms with van der Waals surface area (Å²) < 4.78 is 0. The Morgan fingerprint density at radius 1 is 1.52 bits per heavy atom. The fourth-order valence-electron chi connectivity index (χ4n) is 2.90. The van der Waals surface area contributed by atoms with Crippen molar-refractivity contribution in [1.82, 2.24) is 4.98 Å². The van der Waals surface area contributed by atoms with E-state index in [1.54, 1.807) is 12.3 Å². The van der Waals surface area contributed by atoms with Crippen LogP contribution in [0, 0.1) is 5.92 Å². The zero-order chi connectivity index (χ0) is 15.4. The average molecular weight is 311 g/mol. The minimum Gasteiger partial charge on any atom is -0.409 e. The number of anilines is 1. The van der Waals surface area contributed by atoms with E-state index in [1.165, 1.54) is 25.7 Å². The second-order valence-corrected chi connectivity index (χ2v) is 6.34. The van der Waals surface area contributed by atoms with Gasteiger partial charge in [0.15, 0.2) is 5.84 Å². The van der Waals surface area contributed by atoms with Gasteiger partial charge in [-0.25, -0.2) is 4.98 Å². The van der Waals surface area contributed by atoms with Gasteiger partial charge in [-0.15, -0.1) is 0 Å². The second kappa shape index (κ2) is 6.98. The molecule has 0 atom stereocenters. The number of oxime groups is 1. The third kappa shape index (κ3) is 3.59. The number of amidine groups is 1. The predicted octanol–water partition coefficient (Wildman–Crippen LogP) is 3.23. The summed E-state index contributed by atoms with van der Waals surface area (Å²) >= 11 is 6.46. The van der Waals surface area contributed by atoms with E-state index in [1.807, 2.05) is 0 Å². The molecule has 1 saturated carbocycles. The number of pyridine rings is 1. The molecule has 0 amide bonds. The van der Waals surface area contributed by atoms with E-state index in [-0.39, 0.29) is 5.84 Å². The molecule has 5 nitrogen and oxygen atoms in total. The second-order valence-electron chi connectivity index (χ2n) is 5.97. The summed E-state index contributed by atoms with van der Waals surface area (Å²) in [6.45, 7) is 5.27. The van der Waals surface area contributed by atoms with Crippen LogP contribution in [0.1, 0.15) is 45.1 Å². The van der Waals surface area contributed by atoms with E-state index in [2.05, 4.69) is 28.9 Å². The molecule has 0 aromatic carbocycles. The summed E-state index contributed by atoms with van der Waals surface area (Å²) in [5.74, 6) is 1.26. The quantitative estimate of drug-likeness (QED) is 0.379. The first-order chi connectivity index (χ1) is 10.0. The Morgan fingerprint density at radius 3 is 2.76 bits per heavy atom. The maximum atomic E-state index is 8.87. The lowest BCUT2D eigenvalue weighted by atomic mass is 10.1. The highest BCUT2D eigenvalue weighted by molar-refractivity contribution is 6.36. The molecule has 116 valence electrons. The lowest BCUT2D eigenvalue weighted by molar-refractivity contribution is 0.318. The molecular formula is C15H23ClN4O. The first-order valence-electron chi connectivity index (χ1n) is 7.43. The van der Waals surface area contributed by atoms with Crippen molar-refractivity contribution >= 4 is 23.3 Å². The van der Waals surface area contributed by atoms with Gasteiger partial charge in [-0.2, -0.15) is 0 Å². The largest absolute Gasteiger partial charge is 0.409 e. The van der Waals surface area contributed by atoms with Gasteiger partial charge in [-0.05, 0) is 24.8 Å². The van der Waals surface area contributed by atoms with Crippen molar-refractivity contribution in [3.05, 3.63) is 22.8 Å². The van der Waals surface area contributed by atoms with Crippen LogP contribution in [-0.2, 0) is 0 Å². The molecule has 0 aliphatic heterocycles. The minimum atomic E-state index is 0.0135. The van der Waals surface area contributed by atoms with Crippen LogP contribution in [-0.4, -0.2) is 28.6 Å². The average Bonchev–Trinajstić information content (AvgIpc) is 2.98. The van der Waals surface area contributed by atoms with Crippen molar-refractivity contribution in [2.24, 2.45) is 16.8 Å². The van der Waals surface area contributed by atoms with Crippen molar-refractivity contribution < 1.29 is 5.21 Å². The molecule has 1 aromatic rings. The molecule has 1 fully saturated rings. The molecule has 0 unspecified atom stereocenters. The number of nitrogens with two attached hydrogens (primary N) is 1. The van der Waals surface area contributed by atoms with Gasteiger partial charge in [-0.3, -0.25) is 0 Å². The Balaban J connectivity index is 2.39. The number of nitrogens with zero attached hydrogens (tertiary/aromatic N) is 3. The van der Waals surface area contributed by atoms with Crippen LogP contribution in [0.3, 0.4) is 0 Å². The first-order valence-corrected chi connectivity index (χ1v) is 7.81.